The minimum Gasteiger partial charge on any atom is -0.382 e. The Hall–Kier alpha value is -1.05. The van der Waals surface area contributed by atoms with E-state index >= 15 is 0 Å². The summed E-state index contributed by atoms with van der Waals surface area (Å²) in [7, 11) is 0. The smallest absolute Gasteiger partial charge is 0.123 e. The fraction of sp³-hybridized carbons (Fsp3) is 0.600. The van der Waals surface area contributed by atoms with Crippen LogP contribution in [0.3, 0.4) is 0 Å². The Balaban J connectivity index is 1.98. The fourth-order valence-electron chi connectivity index (χ4n) is 2.55. The molecule has 2 rings (SSSR count). The van der Waals surface area contributed by atoms with Crippen LogP contribution in [0.15, 0.2) is 18.2 Å². The average Bonchev–Trinajstić information content (AvgIpc) is 2.25. The first kappa shape index (κ1) is 12.4. The van der Waals surface area contributed by atoms with E-state index in [2.05, 4.69) is 19.2 Å². The molecule has 0 saturated heterocycles. The Morgan fingerprint density at radius 2 is 1.88 bits per heavy atom. The Bertz CT molecular complexity index is 388. The van der Waals surface area contributed by atoms with Gasteiger partial charge in [-0.25, -0.2) is 4.39 Å². The molecule has 1 saturated carbocycles. The molecule has 17 heavy (non-hydrogen) atoms. The van der Waals surface area contributed by atoms with Crippen LogP contribution in [0.5, 0.6) is 0 Å². The predicted molar refractivity (Wildman–Crippen MR) is 70.8 cm³/mol. The number of benzene rings is 1. The van der Waals surface area contributed by atoms with Crippen molar-refractivity contribution in [2.45, 2.75) is 52.5 Å². The summed E-state index contributed by atoms with van der Waals surface area (Å²) in [4.78, 5) is 0. The molecule has 0 unspecified atom stereocenters. The van der Waals surface area contributed by atoms with E-state index < -0.39 is 0 Å². The summed E-state index contributed by atoms with van der Waals surface area (Å²) in [5, 5.41) is 3.55. The minimum atomic E-state index is -0.155. The molecular formula is C15H22FN. The summed E-state index contributed by atoms with van der Waals surface area (Å²) in [6.45, 7) is 6.64. The van der Waals surface area contributed by atoms with Crippen LogP contribution in [0.2, 0.25) is 0 Å². The third-order valence-electron chi connectivity index (χ3n) is 3.89. The SMILES string of the molecule is Cc1cc(F)ccc1NC1CCC(C)(C)CC1. The van der Waals surface area contributed by atoms with E-state index in [4.69, 9.17) is 0 Å². The standard InChI is InChI=1S/C15H22FN/c1-11-10-12(16)4-5-14(11)17-13-6-8-15(2,3)9-7-13/h4-5,10,13,17H,6-9H2,1-3H3. The molecule has 1 aromatic rings. The predicted octanol–water partition coefficient (Wildman–Crippen LogP) is 4.51. The zero-order valence-corrected chi connectivity index (χ0v) is 11.0. The molecule has 1 aliphatic rings. The Morgan fingerprint density at radius 3 is 2.47 bits per heavy atom. The van der Waals surface area contributed by atoms with E-state index in [1.807, 2.05) is 13.0 Å². The maximum absolute atomic E-state index is 13.0. The van der Waals surface area contributed by atoms with Crippen LogP contribution >= 0.6 is 0 Å². The summed E-state index contributed by atoms with van der Waals surface area (Å²) in [5.74, 6) is -0.155. The lowest BCUT2D eigenvalue weighted by atomic mass is 9.75. The highest BCUT2D eigenvalue weighted by atomic mass is 19.1. The zero-order valence-electron chi connectivity index (χ0n) is 11.0. The lowest BCUT2D eigenvalue weighted by Gasteiger charge is -2.35. The van der Waals surface area contributed by atoms with Crippen LogP contribution in [-0.4, -0.2) is 6.04 Å². The number of rotatable bonds is 2. The van der Waals surface area contributed by atoms with Crippen LogP contribution in [0.1, 0.15) is 45.1 Å². The number of hydrogen-bond acceptors (Lipinski definition) is 1. The minimum absolute atomic E-state index is 0.155. The van der Waals surface area contributed by atoms with Gasteiger partial charge in [0.1, 0.15) is 5.82 Å². The summed E-state index contributed by atoms with van der Waals surface area (Å²) >= 11 is 0. The van der Waals surface area contributed by atoms with Crippen molar-refractivity contribution < 1.29 is 4.39 Å². The number of aryl methyl sites for hydroxylation is 1. The number of anilines is 1. The van der Waals surface area contributed by atoms with Gasteiger partial charge in [-0.1, -0.05) is 13.8 Å². The molecular weight excluding hydrogens is 213 g/mol. The van der Waals surface area contributed by atoms with Crippen LogP contribution < -0.4 is 5.32 Å². The summed E-state index contributed by atoms with van der Waals surface area (Å²) < 4.78 is 13.0. The first-order valence-electron chi connectivity index (χ1n) is 6.49. The van der Waals surface area contributed by atoms with Gasteiger partial charge in [0.05, 0.1) is 0 Å². The molecule has 1 nitrogen and oxygen atoms in total. The summed E-state index contributed by atoms with van der Waals surface area (Å²) in [5.41, 5.74) is 2.57. The van der Waals surface area contributed by atoms with Crippen LogP contribution in [-0.2, 0) is 0 Å². The second kappa shape index (κ2) is 4.67. The van der Waals surface area contributed by atoms with Gasteiger partial charge < -0.3 is 5.32 Å². The van der Waals surface area contributed by atoms with E-state index in [1.165, 1.54) is 31.7 Å². The van der Waals surface area contributed by atoms with Gasteiger partial charge >= 0.3 is 0 Å². The van der Waals surface area contributed by atoms with Gasteiger partial charge in [0, 0.05) is 11.7 Å². The normalized spacial score (nSPS) is 20.2. The largest absolute Gasteiger partial charge is 0.382 e. The highest BCUT2D eigenvalue weighted by molar-refractivity contribution is 5.51. The van der Waals surface area contributed by atoms with Crippen molar-refractivity contribution in [2.24, 2.45) is 5.41 Å². The van der Waals surface area contributed by atoms with Gasteiger partial charge in [0.15, 0.2) is 0 Å². The van der Waals surface area contributed by atoms with Crippen molar-refractivity contribution in [3.63, 3.8) is 0 Å². The molecule has 0 radical (unpaired) electrons. The monoisotopic (exact) mass is 235 g/mol. The number of nitrogens with one attached hydrogen (secondary N) is 1. The van der Waals surface area contributed by atoms with Gasteiger partial charge in [0.2, 0.25) is 0 Å². The highest BCUT2D eigenvalue weighted by Gasteiger charge is 2.26. The topological polar surface area (TPSA) is 12.0 Å². The van der Waals surface area contributed by atoms with Crippen molar-refractivity contribution in [3.05, 3.63) is 29.6 Å². The molecule has 1 N–H and O–H groups in total. The van der Waals surface area contributed by atoms with Crippen molar-refractivity contribution in [3.8, 4) is 0 Å². The second-order valence-electron chi connectivity index (χ2n) is 6.04. The van der Waals surface area contributed by atoms with Crippen LogP contribution in [0.25, 0.3) is 0 Å². The maximum atomic E-state index is 13.0. The van der Waals surface area contributed by atoms with Crippen LogP contribution in [0.4, 0.5) is 10.1 Å². The molecule has 0 bridgehead atoms. The van der Waals surface area contributed by atoms with E-state index in [0.29, 0.717) is 11.5 Å². The molecule has 0 amide bonds. The molecule has 2 heteroatoms. The first-order chi connectivity index (χ1) is 7.96. The van der Waals surface area contributed by atoms with Gasteiger partial charge in [-0.15, -0.1) is 0 Å². The average molecular weight is 235 g/mol. The number of halogens is 1. The van der Waals surface area contributed by atoms with Crippen molar-refractivity contribution in [1.82, 2.24) is 0 Å². The van der Waals surface area contributed by atoms with Crippen molar-refractivity contribution in [1.29, 1.82) is 0 Å². The molecule has 1 aromatic carbocycles. The third kappa shape index (κ3) is 3.21. The first-order valence-corrected chi connectivity index (χ1v) is 6.49. The molecule has 1 aliphatic carbocycles. The lowest BCUT2D eigenvalue weighted by molar-refractivity contribution is 0.232. The Morgan fingerprint density at radius 1 is 1.24 bits per heavy atom. The molecule has 0 atom stereocenters. The summed E-state index contributed by atoms with van der Waals surface area (Å²) in [6, 6.07) is 5.52. The Labute approximate surface area is 103 Å². The molecule has 0 spiro atoms. The molecule has 1 fully saturated rings. The Kier molecular flexibility index (Phi) is 3.41. The van der Waals surface area contributed by atoms with E-state index in [9.17, 15) is 4.39 Å². The third-order valence-corrected chi connectivity index (χ3v) is 3.89. The van der Waals surface area contributed by atoms with Gasteiger partial charge in [-0.3, -0.25) is 0 Å². The van der Waals surface area contributed by atoms with E-state index in [1.54, 1.807) is 6.07 Å². The lowest BCUT2D eigenvalue weighted by Crippen LogP contribution is -2.30. The van der Waals surface area contributed by atoms with Crippen molar-refractivity contribution >= 4 is 5.69 Å². The maximum Gasteiger partial charge on any atom is 0.123 e. The quantitative estimate of drug-likeness (QED) is 0.795. The van der Waals surface area contributed by atoms with E-state index in [-0.39, 0.29) is 5.82 Å². The van der Waals surface area contributed by atoms with Gasteiger partial charge in [-0.05, 0) is 61.8 Å². The zero-order chi connectivity index (χ0) is 12.5. The van der Waals surface area contributed by atoms with Gasteiger partial charge in [-0.2, -0.15) is 0 Å². The fourth-order valence-corrected chi connectivity index (χ4v) is 2.55. The van der Waals surface area contributed by atoms with Gasteiger partial charge in [0.25, 0.3) is 0 Å². The number of hydrogen-bond donors (Lipinski definition) is 1. The summed E-state index contributed by atoms with van der Waals surface area (Å²) in [6.07, 6.45) is 4.96. The van der Waals surface area contributed by atoms with Crippen molar-refractivity contribution in [2.75, 3.05) is 5.32 Å². The molecule has 0 aromatic heterocycles. The molecule has 0 heterocycles. The molecule has 94 valence electrons. The second-order valence-corrected chi connectivity index (χ2v) is 6.04. The highest BCUT2D eigenvalue weighted by Crippen LogP contribution is 2.36. The molecule has 0 aliphatic heterocycles. The van der Waals surface area contributed by atoms with Crippen LogP contribution in [0, 0.1) is 18.2 Å². The van der Waals surface area contributed by atoms with E-state index in [0.717, 1.165) is 11.3 Å².